The number of aromatic nitrogens is 5. The van der Waals surface area contributed by atoms with Gasteiger partial charge in [0.2, 0.25) is 5.88 Å². The van der Waals surface area contributed by atoms with Gasteiger partial charge in [0, 0.05) is 24.4 Å². The number of nitrogens with one attached hydrogen (secondary N) is 3. The number of aromatic amines is 2. The lowest BCUT2D eigenvalue weighted by Crippen LogP contribution is -2.22. The molecule has 0 bridgehead atoms. The monoisotopic (exact) mass is 408 g/mol. The van der Waals surface area contributed by atoms with E-state index in [1.54, 1.807) is 6.07 Å². The summed E-state index contributed by atoms with van der Waals surface area (Å²) in [5, 5.41) is 18.4. The first kappa shape index (κ1) is 21.0. The molecule has 0 atom stereocenters. The molecule has 156 valence electrons. The Kier molecular flexibility index (Phi) is 7.13. The average Bonchev–Trinajstić information content (AvgIpc) is 3.23. The first-order valence-electron chi connectivity index (χ1n) is 9.67. The molecule has 1 saturated carbocycles. The third kappa shape index (κ3) is 5.42. The predicted octanol–water partition coefficient (Wildman–Crippen LogP) is 2.46. The van der Waals surface area contributed by atoms with Gasteiger partial charge < -0.3 is 20.8 Å². The van der Waals surface area contributed by atoms with Crippen LogP contribution < -0.4 is 21.2 Å². The van der Waals surface area contributed by atoms with Crippen molar-refractivity contribution in [3.63, 3.8) is 0 Å². The highest BCUT2D eigenvalue weighted by molar-refractivity contribution is 5.68. The van der Waals surface area contributed by atoms with Crippen LogP contribution in [0.25, 0.3) is 11.3 Å². The lowest BCUT2D eigenvalue weighted by Gasteiger charge is -2.15. The van der Waals surface area contributed by atoms with Crippen LogP contribution in [0.3, 0.4) is 0 Å². The maximum absolute atomic E-state index is 12.0. The minimum Gasteiger partial charge on any atom is -0.482 e. The van der Waals surface area contributed by atoms with E-state index >= 15 is 0 Å². The molecule has 3 aromatic rings. The predicted molar refractivity (Wildman–Crippen MR) is 112 cm³/mol. The highest BCUT2D eigenvalue weighted by Crippen LogP contribution is 2.24. The average molecular weight is 408 g/mol. The summed E-state index contributed by atoms with van der Waals surface area (Å²) in [6.45, 7) is 0. The molecule has 0 radical (unpaired) electrons. The van der Waals surface area contributed by atoms with Crippen LogP contribution in [-0.4, -0.2) is 38.3 Å². The second-order valence-electron chi connectivity index (χ2n) is 6.84. The lowest BCUT2D eigenvalue weighted by molar-refractivity contribution is 0.399. The molecule has 0 saturated heterocycles. The minimum absolute atomic E-state index is 0.200. The first-order chi connectivity index (χ1) is 14.6. The largest absolute Gasteiger partial charge is 0.482 e. The first-order valence-corrected chi connectivity index (χ1v) is 9.67. The molecular weight excluding hydrogens is 384 g/mol. The van der Waals surface area contributed by atoms with E-state index in [0.29, 0.717) is 34.8 Å². The zero-order chi connectivity index (χ0) is 21.3. The molecule has 0 aromatic carbocycles. The molecule has 0 aliphatic heterocycles. The molecule has 1 aliphatic rings. The number of nitrogens with two attached hydrogens (primary N) is 1. The quantitative estimate of drug-likeness (QED) is 0.512. The van der Waals surface area contributed by atoms with Crippen LogP contribution in [0.1, 0.15) is 37.8 Å². The van der Waals surface area contributed by atoms with Crippen LogP contribution in [-0.2, 0) is 0 Å². The third-order valence-corrected chi connectivity index (χ3v) is 4.65. The molecule has 30 heavy (non-hydrogen) atoms. The van der Waals surface area contributed by atoms with Gasteiger partial charge in [-0.3, -0.25) is 9.89 Å². The van der Waals surface area contributed by atoms with Gasteiger partial charge in [-0.25, -0.2) is 9.97 Å². The number of methoxy groups -OCH3 is 1. The Morgan fingerprint density at radius 2 is 2.03 bits per heavy atom. The van der Waals surface area contributed by atoms with E-state index in [-0.39, 0.29) is 11.1 Å². The molecule has 3 heterocycles. The Morgan fingerprint density at radius 1 is 1.23 bits per heavy atom. The number of nitrogens with zero attached hydrogens (tertiary/aromatic N) is 4. The number of nitriles is 1. The summed E-state index contributed by atoms with van der Waals surface area (Å²) >= 11 is 0. The number of anilines is 2. The number of H-pyrrole nitrogens is 2. The standard InChI is InChI=1S/C14H11N7O2.C6H13N/c1-23-14-13(10(22)2-3-16-14)9-4-11(21-20-9)19-12-7-17-8(5-15)6-18-12;7-6-4-2-1-3-5-6/h2-4,6-7H,1H3,(H,16,22)(H2,18,19,20,21);6H,1-5,7H2. The summed E-state index contributed by atoms with van der Waals surface area (Å²) in [7, 11) is 1.47. The van der Waals surface area contributed by atoms with E-state index in [1.807, 2.05) is 6.07 Å². The number of hydrogen-bond acceptors (Lipinski definition) is 8. The van der Waals surface area contributed by atoms with Gasteiger partial charge in [-0.05, 0) is 12.8 Å². The van der Waals surface area contributed by atoms with Gasteiger partial charge in [0.15, 0.2) is 16.9 Å². The summed E-state index contributed by atoms with van der Waals surface area (Å²) in [6.07, 6.45) is 10.9. The van der Waals surface area contributed by atoms with Crippen molar-refractivity contribution in [3.8, 4) is 23.2 Å². The minimum atomic E-state index is -0.200. The van der Waals surface area contributed by atoms with Crippen LogP contribution in [0.2, 0.25) is 0 Å². The van der Waals surface area contributed by atoms with Crippen LogP contribution in [0.15, 0.2) is 35.5 Å². The fraction of sp³-hybridized carbons (Fsp3) is 0.350. The molecule has 3 aromatic heterocycles. The van der Waals surface area contributed by atoms with Crippen LogP contribution in [0.5, 0.6) is 5.88 Å². The van der Waals surface area contributed by atoms with E-state index in [4.69, 9.17) is 15.7 Å². The van der Waals surface area contributed by atoms with E-state index in [2.05, 4.69) is 30.5 Å². The van der Waals surface area contributed by atoms with Crippen LogP contribution in [0, 0.1) is 11.3 Å². The molecule has 0 spiro atoms. The smallest absolute Gasteiger partial charge is 0.204 e. The van der Waals surface area contributed by atoms with Gasteiger partial charge >= 0.3 is 0 Å². The summed E-state index contributed by atoms with van der Waals surface area (Å²) in [5.74, 6) is 1.21. The molecule has 4 rings (SSSR count). The number of pyridine rings is 1. The van der Waals surface area contributed by atoms with Crippen molar-refractivity contribution in [3.05, 3.63) is 46.6 Å². The summed E-state index contributed by atoms with van der Waals surface area (Å²) in [5.41, 5.74) is 6.50. The topological polar surface area (TPSA) is 158 Å². The lowest BCUT2D eigenvalue weighted by atomic mass is 9.97. The maximum atomic E-state index is 12.0. The highest BCUT2D eigenvalue weighted by Gasteiger charge is 2.13. The summed E-state index contributed by atoms with van der Waals surface area (Å²) in [6, 6.07) is 5.47. The maximum Gasteiger partial charge on any atom is 0.204 e. The van der Waals surface area contributed by atoms with Crippen molar-refractivity contribution >= 4 is 11.6 Å². The van der Waals surface area contributed by atoms with Crippen molar-refractivity contribution in [2.45, 2.75) is 38.1 Å². The fourth-order valence-electron chi connectivity index (χ4n) is 3.11. The van der Waals surface area contributed by atoms with Gasteiger partial charge in [0.1, 0.15) is 17.5 Å². The second-order valence-corrected chi connectivity index (χ2v) is 6.84. The van der Waals surface area contributed by atoms with Crippen molar-refractivity contribution in [2.24, 2.45) is 5.73 Å². The SMILES string of the molecule is COc1[nH]ccc(=O)c1-c1cc(Nc2cnc(C#N)cn2)n[nH]1.NC1CCCCC1. The van der Waals surface area contributed by atoms with Crippen molar-refractivity contribution in [1.82, 2.24) is 25.1 Å². The Hall–Kier alpha value is -3.71. The molecule has 0 amide bonds. The zero-order valence-corrected chi connectivity index (χ0v) is 16.7. The normalized spacial score (nSPS) is 13.6. The Bertz CT molecular complexity index is 1050. The van der Waals surface area contributed by atoms with Gasteiger partial charge in [-0.1, -0.05) is 19.3 Å². The van der Waals surface area contributed by atoms with Gasteiger partial charge in [-0.2, -0.15) is 10.4 Å². The van der Waals surface area contributed by atoms with E-state index < -0.39 is 0 Å². The molecule has 1 aliphatic carbocycles. The Balaban J connectivity index is 0.000000310. The molecule has 0 unspecified atom stereocenters. The number of hydrogen-bond donors (Lipinski definition) is 4. The molecule has 10 nitrogen and oxygen atoms in total. The van der Waals surface area contributed by atoms with Crippen molar-refractivity contribution < 1.29 is 4.74 Å². The second kappa shape index (κ2) is 10.2. The Morgan fingerprint density at radius 3 is 2.63 bits per heavy atom. The van der Waals surface area contributed by atoms with E-state index in [0.717, 1.165) is 0 Å². The summed E-state index contributed by atoms with van der Waals surface area (Å²) in [4.78, 5) is 22.8. The number of rotatable bonds is 4. The molecule has 5 N–H and O–H groups in total. The van der Waals surface area contributed by atoms with Gasteiger partial charge in [0.05, 0.1) is 25.2 Å². The highest BCUT2D eigenvalue weighted by atomic mass is 16.5. The van der Waals surface area contributed by atoms with Crippen molar-refractivity contribution in [2.75, 3.05) is 12.4 Å². The van der Waals surface area contributed by atoms with Gasteiger partial charge in [-0.15, -0.1) is 0 Å². The van der Waals surface area contributed by atoms with Gasteiger partial charge in [0.25, 0.3) is 0 Å². The number of ether oxygens (including phenoxy) is 1. The van der Waals surface area contributed by atoms with Crippen LogP contribution in [0.4, 0.5) is 11.6 Å². The van der Waals surface area contributed by atoms with Crippen molar-refractivity contribution in [1.29, 1.82) is 5.26 Å². The van der Waals surface area contributed by atoms with E-state index in [9.17, 15) is 4.79 Å². The fourth-order valence-corrected chi connectivity index (χ4v) is 3.11. The molecular formula is C20H24N8O2. The third-order valence-electron chi connectivity index (χ3n) is 4.65. The summed E-state index contributed by atoms with van der Waals surface area (Å²) < 4.78 is 5.16. The molecule has 10 heteroatoms. The van der Waals surface area contributed by atoms with Crippen LogP contribution >= 0.6 is 0 Å². The molecule has 1 fully saturated rings. The zero-order valence-electron chi connectivity index (χ0n) is 16.7. The van der Waals surface area contributed by atoms with E-state index in [1.165, 1.54) is 63.9 Å². The Labute approximate surface area is 173 Å².